The summed E-state index contributed by atoms with van der Waals surface area (Å²) in [7, 11) is 1.67. The van der Waals surface area contributed by atoms with Crippen LogP contribution in [0.2, 0.25) is 5.02 Å². The number of hydrogen-bond donors (Lipinski definition) is 1. The Morgan fingerprint density at radius 2 is 2.19 bits per heavy atom. The normalized spacial score (nSPS) is 19.0. The molecule has 116 valence electrons. The molecule has 0 spiro atoms. The van der Waals surface area contributed by atoms with Gasteiger partial charge in [-0.2, -0.15) is 13.2 Å². The van der Waals surface area contributed by atoms with Crippen LogP contribution in [0.15, 0.2) is 18.2 Å². The molecule has 1 atom stereocenters. The zero-order chi connectivity index (χ0) is 15.6. The molecule has 1 aromatic rings. The number of ether oxygens (including phenoxy) is 1. The van der Waals surface area contributed by atoms with E-state index in [-0.39, 0.29) is 16.7 Å². The zero-order valence-electron chi connectivity index (χ0n) is 11.2. The van der Waals surface area contributed by atoms with Gasteiger partial charge in [0.1, 0.15) is 11.8 Å². The Morgan fingerprint density at radius 1 is 1.48 bits per heavy atom. The average Bonchev–Trinajstić information content (AvgIpc) is 2.70. The molecule has 0 aromatic heterocycles. The van der Waals surface area contributed by atoms with Crippen LogP contribution in [0.25, 0.3) is 0 Å². The van der Waals surface area contributed by atoms with E-state index < -0.39 is 18.8 Å². The van der Waals surface area contributed by atoms with Crippen molar-refractivity contribution in [3.8, 4) is 5.75 Å². The maximum atomic E-state index is 12.3. The fourth-order valence-electron chi connectivity index (χ4n) is 2.04. The van der Waals surface area contributed by atoms with Crippen LogP contribution in [-0.4, -0.2) is 43.2 Å². The summed E-state index contributed by atoms with van der Waals surface area (Å²) in [6.45, 7) is -0.816. The number of amides is 1. The molecular weight excluding hydrogens is 309 g/mol. The number of alkyl halides is 3. The monoisotopic (exact) mass is 322 g/mol. The summed E-state index contributed by atoms with van der Waals surface area (Å²) in [5.41, 5.74) is 0.317. The second-order valence-electron chi connectivity index (χ2n) is 4.79. The van der Waals surface area contributed by atoms with Crippen molar-refractivity contribution in [3.05, 3.63) is 23.2 Å². The maximum Gasteiger partial charge on any atom is 0.422 e. The van der Waals surface area contributed by atoms with Gasteiger partial charge in [0.15, 0.2) is 6.61 Å². The Morgan fingerprint density at radius 3 is 2.76 bits per heavy atom. The van der Waals surface area contributed by atoms with E-state index in [1.165, 1.54) is 18.2 Å². The van der Waals surface area contributed by atoms with Gasteiger partial charge < -0.3 is 15.0 Å². The molecule has 0 radical (unpaired) electrons. The lowest BCUT2D eigenvalue weighted by atomic mass is 10.2. The lowest BCUT2D eigenvalue weighted by Gasteiger charge is -2.18. The highest BCUT2D eigenvalue weighted by atomic mass is 35.5. The van der Waals surface area contributed by atoms with E-state index in [9.17, 15) is 18.0 Å². The number of benzene rings is 1. The molecule has 1 N–H and O–H groups in total. The minimum absolute atomic E-state index is 0.0258. The van der Waals surface area contributed by atoms with E-state index in [4.69, 9.17) is 16.3 Å². The molecule has 0 saturated carbocycles. The molecule has 4 nitrogen and oxygen atoms in total. The summed E-state index contributed by atoms with van der Waals surface area (Å²) in [5, 5.41) is 3.17. The summed E-state index contributed by atoms with van der Waals surface area (Å²) in [5.74, 6) is -0.131. The van der Waals surface area contributed by atoms with Gasteiger partial charge in [-0.15, -0.1) is 0 Å². The van der Waals surface area contributed by atoms with Gasteiger partial charge >= 0.3 is 6.18 Å². The first-order valence-electron chi connectivity index (χ1n) is 6.27. The van der Waals surface area contributed by atoms with E-state index in [1.807, 2.05) is 0 Å². The number of likely N-dealkylation sites (N-methyl/N-ethyl adjacent to an activating group) is 1. The first-order chi connectivity index (χ1) is 9.76. The van der Waals surface area contributed by atoms with E-state index in [1.54, 1.807) is 11.9 Å². The Labute approximate surface area is 124 Å². The Balaban J connectivity index is 2.13. The van der Waals surface area contributed by atoms with Gasteiger partial charge in [0.05, 0.1) is 5.69 Å². The van der Waals surface area contributed by atoms with Gasteiger partial charge in [-0.25, -0.2) is 0 Å². The van der Waals surface area contributed by atoms with Gasteiger partial charge in [0.2, 0.25) is 5.91 Å². The van der Waals surface area contributed by atoms with Crippen molar-refractivity contribution in [2.24, 2.45) is 0 Å². The van der Waals surface area contributed by atoms with Crippen LogP contribution in [0.3, 0.4) is 0 Å². The van der Waals surface area contributed by atoms with E-state index >= 15 is 0 Å². The van der Waals surface area contributed by atoms with E-state index in [0.29, 0.717) is 18.7 Å². The lowest BCUT2D eigenvalue weighted by Crippen LogP contribution is -2.31. The molecular formula is C13H14ClF3N2O2. The third kappa shape index (κ3) is 4.17. The highest BCUT2D eigenvalue weighted by molar-refractivity contribution is 6.30. The van der Waals surface area contributed by atoms with Crippen molar-refractivity contribution < 1.29 is 22.7 Å². The van der Waals surface area contributed by atoms with Crippen LogP contribution in [0.4, 0.5) is 18.9 Å². The zero-order valence-corrected chi connectivity index (χ0v) is 12.0. The predicted molar refractivity (Wildman–Crippen MR) is 72.7 cm³/mol. The van der Waals surface area contributed by atoms with Crippen molar-refractivity contribution in [1.29, 1.82) is 0 Å². The largest absolute Gasteiger partial charge is 0.482 e. The number of halogens is 4. The van der Waals surface area contributed by atoms with Crippen LogP contribution in [-0.2, 0) is 4.79 Å². The van der Waals surface area contributed by atoms with Crippen molar-refractivity contribution in [1.82, 2.24) is 4.90 Å². The van der Waals surface area contributed by atoms with Gasteiger partial charge in [0.25, 0.3) is 0 Å². The number of hydrogen-bond acceptors (Lipinski definition) is 3. The lowest BCUT2D eigenvalue weighted by molar-refractivity contribution is -0.153. The molecule has 1 unspecified atom stereocenters. The van der Waals surface area contributed by atoms with Crippen LogP contribution in [0, 0.1) is 0 Å². The fraction of sp³-hybridized carbons (Fsp3) is 0.462. The molecule has 1 aromatic carbocycles. The van der Waals surface area contributed by atoms with Crippen molar-refractivity contribution in [2.75, 3.05) is 25.5 Å². The third-order valence-electron chi connectivity index (χ3n) is 3.09. The minimum atomic E-state index is -4.44. The molecule has 1 fully saturated rings. The molecule has 1 aliphatic heterocycles. The number of anilines is 1. The van der Waals surface area contributed by atoms with E-state index in [0.717, 1.165) is 0 Å². The van der Waals surface area contributed by atoms with Crippen LogP contribution < -0.4 is 10.1 Å². The standard InChI is InChI=1S/C13H14ClF3N2O2/c1-19-5-4-10(12(19)20)18-9-3-2-8(14)6-11(9)21-7-13(15,16)17/h2-3,6,10,18H,4-5,7H2,1H3. The fourth-order valence-corrected chi connectivity index (χ4v) is 2.20. The SMILES string of the molecule is CN1CCC(Nc2ccc(Cl)cc2OCC(F)(F)F)C1=O. The van der Waals surface area contributed by atoms with Crippen LogP contribution in [0.5, 0.6) is 5.75 Å². The Bertz CT molecular complexity index is 537. The van der Waals surface area contributed by atoms with Crippen molar-refractivity contribution in [2.45, 2.75) is 18.6 Å². The molecule has 0 aliphatic carbocycles. The second kappa shape index (κ2) is 6.01. The minimum Gasteiger partial charge on any atom is -0.482 e. The third-order valence-corrected chi connectivity index (χ3v) is 3.33. The van der Waals surface area contributed by atoms with Crippen LogP contribution >= 0.6 is 11.6 Å². The molecule has 8 heteroatoms. The first-order valence-corrected chi connectivity index (χ1v) is 6.65. The van der Waals surface area contributed by atoms with Crippen LogP contribution in [0.1, 0.15) is 6.42 Å². The van der Waals surface area contributed by atoms with Gasteiger partial charge in [-0.3, -0.25) is 4.79 Å². The summed E-state index contributed by atoms with van der Waals surface area (Å²) >= 11 is 5.77. The molecule has 0 bridgehead atoms. The van der Waals surface area contributed by atoms with Crippen molar-refractivity contribution >= 4 is 23.2 Å². The Hall–Kier alpha value is -1.63. The highest BCUT2D eigenvalue weighted by Gasteiger charge is 2.31. The number of nitrogens with one attached hydrogen (secondary N) is 1. The number of likely N-dealkylation sites (tertiary alicyclic amines) is 1. The predicted octanol–water partition coefficient (Wildman–Crippen LogP) is 2.92. The smallest absolute Gasteiger partial charge is 0.422 e. The molecule has 1 aliphatic rings. The van der Waals surface area contributed by atoms with Gasteiger partial charge in [0, 0.05) is 24.7 Å². The number of carbonyl (C=O) groups is 1. The summed E-state index contributed by atoms with van der Waals surface area (Å²) in [6.07, 6.45) is -3.86. The highest BCUT2D eigenvalue weighted by Crippen LogP contribution is 2.31. The molecule has 1 saturated heterocycles. The van der Waals surface area contributed by atoms with Crippen molar-refractivity contribution in [3.63, 3.8) is 0 Å². The number of rotatable bonds is 4. The van der Waals surface area contributed by atoms with E-state index in [2.05, 4.69) is 5.32 Å². The second-order valence-corrected chi connectivity index (χ2v) is 5.23. The van der Waals surface area contributed by atoms with Gasteiger partial charge in [-0.1, -0.05) is 11.6 Å². The first kappa shape index (κ1) is 15.8. The summed E-state index contributed by atoms with van der Waals surface area (Å²) in [6, 6.07) is 3.84. The maximum absolute atomic E-state index is 12.3. The average molecular weight is 323 g/mol. The summed E-state index contributed by atoms with van der Waals surface area (Å²) < 4.78 is 41.5. The molecule has 1 heterocycles. The summed E-state index contributed by atoms with van der Waals surface area (Å²) in [4.78, 5) is 13.4. The molecule has 2 rings (SSSR count). The Kier molecular flexibility index (Phi) is 4.51. The van der Waals surface area contributed by atoms with Gasteiger partial charge in [-0.05, 0) is 18.6 Å². The topological polar surface area (TPSA) is 41.6 Å². The number of carbonyl (C=O) groups excluding carboxylic acids is 1. The molecule has 21 heavy (non-hydrogen) atoms. The molecule has 1 amide bonds. The number of nitrogens with zero attached hydrogens (tertiary/aromatic N) is 1. The quantitative estimate of drug-likeness (QED) is 0.926.